The summed E-state index contributed by atoms with van der Waals surface area (Å²) in [5.41, 5.74) is -0.00719. The molecule has 0 unspecified atom stereocenters. The standard InChI is InChI=1S/C14H17F4NO2/c1-20-11-7-10(13(15)16)12(21-14(17)18)6-8(11)5-9-3-2-4-19-9/h6-7,9,13-14,19H,2-5H2,1H3/t9-/m1/s1. The lowest BCUT2D eigenvalue weighted by Crippen LogP contribution is -2.24. The fourth-order valence-electron chi connectivity index (χ4n) is 2.53. The number of benzene rings is 1. The molecule has 3 nitrogen and oxygen atoms in total. The van der Waals surface area contributed by atoms with Gasteiger partial charge in [0.25, 0.3) is 6.43 Å². The summed E-state index contributed by atoms with van der Waals surface area (Å²) in [4.78, 5) is 0. The number of ether oxygens (including phenoxy) is 2. The summed E-state index contributed by atoms with van der Waals surface area (Å²) in [7, 11) is 1.36. The van der Waals surface area contributed by atoms with Gasteiger partial charge in [-0.1, -0.05) is 0 Å². The van der Waals surface area contributed by atoms with Gasteiger partial charge >= 0.3 is 6.61 Å². The van der Waals surface area contributed by atoms with Gasteiger partial charge in [0, 0.05) is 6.04 Å². The van der Waals surface area contributed by atoms with Crippen molar-refractivity contribution in [3.8, 4) is 11.5 Å². The molecular formula is C14H17F4NO2. The fourth-order valence-corrected chi connectivity index (χ4v) is 2.53. The lowest BCUT2D eigenvalue weighted by Gasteiger charge is -2.18. The molecule has 2 rings (SSSR count). The second-order valence-electron chi connectivity index (χ2n) is 4.88. The number of nitrogens with one attached hydrogen (secondary N) is 1. The third-order valence-corrected chi connectivity index (χ3v) is 3.49. The van der Waals surface area contributed by atoms with E-state index in [1.54, 1.807) is 0 Å². The van der Waals surface area contributed by atoms with Gasteiger partial charge in [-0.05, 0) is 43.5 Å². The Morgan fingerprint density at radius 1 is 1.24 bits per heavy atom. The van der Waals surface area contributed by atoms with Crippen LogP contribution in [0.5, 0.6) is 11.5 Å². The van der Waals surface area contributed by atoms with Crippen LogP contribution in [0.2, 0.25) is 0 Å². The summed E-state index contributed by atoms with van der Waals surface area (Å²) in [5.74, 6) is -0.227. The van der Waals surface area contributed by atoms with E-state index in [0.717, 1.165) is 25.5 Å². The van der Waals surface area contributed by atoms with Gasteiger partial charge in [-0.25, -0.2) is 8.78 Å². The molecule has 7 heteroatoms. The van der Waals surface area contributed by atoms with E-state index >= 15 is 0 Å². The molecule has 118 valence electrons. The lowest BCUT2D eigenvalue weighted by atomic mass is 10.0. The molecule has 0 spiro atoms. The zero-order chi connectivity index (χ0) is 15.4. The highest BCUT2D eigenvalue weighted by Crippen LogP contribution is 2.36. The highest BCUT2D eigenvalue weighted by atomic mass is 19.3. The third-order valence-electron chi connectivity index (χ3n) is 3.49. The minimum absolute atomic E-state index is 0.190. The van der Waals surface area contributed by atoms with E-state index in [0.29, 0.717) is 12.0 Å². The molecule has 1 aliphatic rings. The van der Waals surface area contributed by atoms with Crippen molar-refractivity contribution in [1.82, 2.24) is 5.32 Å². The van der Waals surface area contributed by atoms with Crippen molar-refractivity contribution in [2.24, 2.45) is 0 Å². The number of halogens is 4. The van der Waals surface area contributed by atoms with Gasteiger partial charge in [-0.2, -0.15) is 8.78 Å². The maximum absolute atomic E-state index is 12.9. The molecule has 1 saturated heterocycles. The molecule has 0 saturated carbocycles. The Labute approximate surface area is 120 Å². The molecule has 1 aromatic carbocycles. The molecule has 1 fully saturated rings. The van der Waals surface area contributed by atoms with Crippen LogP contribution in [0.4, 0.5) is 17.6 Å². The SMILES string of the molecule is COc1cc(C(F)F)c(OC(F)F)cc1C[C@H]1CCCN1. The molecule has 0 amide bonds. The number of hydrogen-bond donors (Lipinski definition) is 1. The molecule has 0 aromatic heterocycles. The minimum Gasteiger partial charge on any atom is -0.496 e. The zero-order valence-electron chi connectivity index (χ0n) is 11.5. The first kappa shape index (κ1) is 15.9. The van der Waals surface area contributed by atoms with Gasteiger partial charge in [-0.15, -0.1) is 0 Å². The van der Waals surface area contributed by atoms with E-state index in [2.05, 4.69) is 10.1 Å². The van der Waals surface area contributed by atoms with Crippen LogP contribution in [-0.2, 0) is 6.42 Å². The van der Waals surface area contributed by atoms with Gasteiger partial charge in [0.1, 0.15) is 11.5 Å². The van der Waals surface area contributed by atoms with Crippen LogP contribution in [-0.4, -0.2) is 26.3 Å². The van der Waals surface area contributed by atoms with E-state index in [1.165, 1.54) is 13.2 Å². The van der Waals surface area contributed by atoms with Gasteiger partial charge < -0.3 is 14.8 Å². The van der Waals surface area contributed by atoms with Gasteiger partial charge in [-0.3, -0.25) is 0 Å². The molecule has 0 radical (unpaired) electrons. The average Bonchev–Trinajstić information content (AvgIpc) is 2.91. The van der Waals surface area contributed by atoms with Crippen LogP contribution < -0.4 is 14.8 Å². The summed E-state index contributed by atoms with van der Waals surface area (Å²) in [6.45, 7) is -2.25. The summed E-state index contributed by atoms with van der Waals surface area (Å²) < 4.78 is 59.9. The molecule has 1 atom stereocenters. The van der Waals surface area contributed by atoms with Crippen molar-refractivity contribution in [2.75, 3.05) is 13.7 Å². The van der Waals surface area contributed by atoms with Crippen LogP contribution in [0.25, 0.3) is 0 Å². The Bertz CT molecular complexity index is 476. The molecule has 1 heterocycles. The van der Waals surface area contributed by atoms with E-state index in [-0.39, 0.29) is 11.8 Å². The van der Waals surface area contributed by atoms with Crippen LogP contribution in [0.1, 0.15) is 30.4 Å². The number of rotatable bonds is 6. The van der Waals surface area contributed by atoms with E-state index in [4.69, 9.17) is 4.74 Å². The van der Waals surface area contributed by atoms with Crippen LogP contribution in [0.3, 0.4) is 0 Å². The van der Waals surface area contributed by atoms with Crippen molar-refractivity contribution in [1.29, 1.82) is 0 Å². The summed E-state index contributed by atoms with van der Waals surface area (Å²) >= 11 is 0. The molecule has 21 heavy (non-hydrogen) atoms. The third kappa shape index (κ3) is 4.00. The first-order valence-corrected chi connectivity index (χ1v) is 6.68. The van der Waals surface area contributed by atoms with Crippen molar-refractivity contribution < 1.29 is 27.0 Å². The van der Waals surface area contributed by atoms with Crippen LogP contribution in [0.15, 0.2) is 12.1 Å². The first-order chi connectivity index (χ1) is 10.0. The van der Waals surface area contributed by atoms with Gasteiger partial charge in [0.05, 0.1) is 12.7 Å². The predicted molar refractivity (Wildman–Crippen MR) is 69.3 cm³/mol. The summed E-state index contributed by atoms with van der Waals surface area (Å²) in [6.07, 6.45) is -0.411. The maximum Gasteiger partial charge on any atom is 0.387 e. The molecule has 1 aromatic rings. The molecule has 1 aliphatic heterocycles. The Hall–Kier alpha value is -1.50. The predicted octanol–water partition coefficient (Wildman–Crippen LogP) is 3.53. The molecule has 0 aliphatic carbocycles. The Morgan fingerprint density at radius 2 is 2.00 bits per heavy atom. The largest absolute Gasteiger partial charge is 0.496 e. The van der Waals surface area contributed by atoms with Crippen LogP contribution >= 0.6 is 0 Å². The van der Waals surface area contributed by atoms with E-state index in [9.17, 15) is 17.6 Å². The quantitative estimate of drug-likeness (QED) is 0.816. The highest BCUT2D eigenvalue weighted by Gasteiger charge is 2.23. The van der Waals surface area contributed by atoms with E-state index in [1.807, 2.05) is 0 Å². The minimum atomic E-state index is -3.15. The zero-order valence-corrected chi connectivity index (χ0v) is 11.5. The Morgan fingerprint density at radius 3 is 2.52 bits per heavy atom. The van der Waals surface area contributed by atoms with Crippen LogP contribution in [0, 0.1) is 0 Å². The van der Waals surface area contributed by atoms with Crippen molar-refractivity contribution in [3.05, 3.63) is 23.3 Å². The Balaban J connectivity index is 2.32. The molecular weight excluding hydrogens is 290 g/mol. The summed E-state index contributed by atoms with van der Waals surface area (Å²) in [5, 5.41) is 3.26. The number of methoxy groups -OCH3 is 1. The van der Waals surface area contributed by atoms with Crippen molar-refractivity contribution in [3.63, 3.8) is 0 Å². The first-order valence-electron chi connectivity index (χ1n) is 6.68. The lowest BCUT2D eigenvalue weighted by molar-refractivity contribution is -0.0520. The van der Waals surface area contributed by atoms with Gasteiger partial charge in [0.2, 0.25) is 0 Å². The summed E-state index contributed by atoms with van der Waals surface area (Å²) in [6, 6.07) is 2.50. The highest BCUT2D eigenvalue weighted by molar-refractivity contribution is 5.47. The fraction of sp³-hybridized carbons (Fsp3) is 0.571. The number of hydrogen-bond acceptors (Lipinski definition) is 3. The average molecular weight is 307 g/mol. The molecule has 1 N–H and O–H groups in total. The maximum atomic E-state index is 12.9. The molecule has 0 bridgehead atoms. The number of alkyl halides is 4. The van der Waals surface area contributed by atoms with E-state index < -0.39 is 24.3 Å². The second-order valence-corrected chi connectivity index (χ2v) is 4.88. The Kier molecular flexibility index (Phi) is 5.27. The van der Waals surface area contributed by atoms with Crippen molar-refractivity contribution in [2.45, 2.75) is 38.3 Å². The van der Waals surface area contributed by atoms with Gasteiger partial charge in [0.15, 0.2) is 0 Å². The smallest absolute Gasteiger partial charge is 0.387 e. The second kappa shape index (κ2) is 6.98. The normalized spacial score (nSPS) is 18.5. The monoisotopic (exact) mass is 307 g/mol. The topological polar surface area (TPSA) is 30.5 Å². The van der Waals surface area contributed by atoms with Crippen molar-refractivity contribution >= 4 is 0 Å².